The summed E-state index contributed by atoms with van der Waals surface area (Å²) in [4.78, 5) is 0. The van der Waals surface area contributed by atoms with E-state index in [0.717, 1.165) is 6.42 Å². The third-order valence-electron chi connectivity index (χ3n) is 1.45. The van der Waals surface area contributed by atoms with Crippen molar-refractivity contribution in [1.82, 2.24) is 0 Å². The van der Waals surface area contributed by atoms with Crippen LogP contribution >= 0.6 is 0 Å². The zero-order valence-corrected chi connectivity index (χ0v) is 8.60. The molecule has 3 heteroatoms. The van der Waals surface area contributed by atoms with Gasteiger partial charge in [0.15, 0.2) is 12.4 Å². The maximum atomic E-state index is 9.29. The summed E-state index contributed by atoms with van der Waals surface area (Å²) in [7, 11) is 0. The molecule has 0 aromatic carbocycles. The standard InChI is InChI=1S/C8H12NO.HI/c1-2-8(10)9-6-4-3-5-7-9;/h3-8,10H,2H2,1H3;1H/q+1;/p-1. The third kappa shape index (κ3) is 3.16. The van der Waals surface area contributed by atoms with Gasteiger partial charge >= 0.3 is 0 Å². The fraction of sp³-hybridized carbons (Fsp3) is 0.375. The number of halogens is 1. The van der Waals surface area contributed by atoms with Crippen LogP contribution in [0.3, 0.4) is 0 Å². The summed E-state index contributed by atoms with van der Waals surface area (Å²) in [5.74, 6) is 0. The SMILES string of the molecule is CCC(O)[n+]1ccccc1.[I-]. The minimum atomic E-state index is -0.374. The van der Waals surface area contributed by atoms with E-state index in [4.69, 9.17) is 0 Å². The maximum Gasteiger partial charge on any atom is 0.259 e. The van der Waals surface area contributed by atoms with E-state index in [9.17, 15) is 5.11 Å². The molecule has 1 atom stereocenters. The van der Waals surface area contributed by atoms with Crippen molar-refractivity contribution in [2.45, 2.75) is 19.6 Å². The van der Waals surface area contributed by atoms with Gasteiger partial charge < -0.3 is 29.1 Å². The van der Waals surface area contributed by atoms with E-state index in [1.165, 1.54) is 0 Å². The van der Waals surface area contributed by atoms with Crippen LogP contribution in [0.5, 0.6) is 0 Å². The number of nitrogens with zero attached hydrogens (tertiary/aromatic N) is 1. The van der Waals surface area contributed by atoms with Crippen LogP contribution < -0.4 is 28.5 Å². The number of aromatic nitrogens is 1. The fourth-order valence-corrected chi connectivity index (χ4v) is 0.821. The lowest BCUT2D eigenvalue weighted by Crippen LogP contribution is -3.00. The number of hydrogen-bond acceptors (Lipinski definition) is 1. The number of pyridine rings is 1. The molecule has 0 radical (unpaired) electrons. The summed E-state index contributed by atoms with van der Waals surface area (Å²) in [6.07, 6.45) is 4.08. The van der Waals surface area contributed by atoms with Gasteiger partial charge in [-0.2, -0.15) is 4.57 Å². The first kappa shape index (κ1) is 10.8. The molecule has 1 aromatic rings. The molecule has 0 spiro atoms. The van der Waals surface area contributed by atoms with Crippen LogP contribution in [-0.2, 0) is 0 Å². The summed E-state index contributed by atoms with van der Waals surface area (Å²) >= 11 is 0. The molecule has 11 heavy (non-hydrogen) atoms. The molecule has 0 saturated heterocycles. The van der Waals surface area contributed by atoms with Crippen molar-refractivity contribution in [2.75, 3.05) is 0 Å². The maximum absolute atomic E-state index is 9.29. The summed E-state index contributed by atoms with van der Waals surface area (Å²) in [5, 5.41) is 9.29. The van der Waals surface area contributed by atoms with E-state index in [1.807, 2.05) is 37.5 Å². The van der Waals surface area contributed by atoms with Crippen LogP contribution in [0.25, 0.3) is 0 Å². The van der Waals surface area contributed by atoms with Crippen molar-refractivity contribution in [1.29, 1.82) is 0 Å². The van der Waals surface area contributed by atoms with Gasteiger partial charge in [-0.3, -0.25) is 0 Å². The predicted molar refractivity (Wildman–Crippen MR) is 38.2 cm³/mol. The zero-order chi connectivity index (χ0) is 7.40. The zero-order valence-electron chi connectivity index (χ0n) is 6.44. The molecule has 0 amide bonds. The Morgan fingerprint density at radius 1 is 1.27 bits per heavy atom. The molecule has 0 fully saturated rings. The average Bonchev–Trinajstić information content (AvgIpc) is 2.05. The highest BCUT2D eigenvalue weighted by atomic mass is 127. The molecular weight excluding hydrogens is 253 g/mol. The molecule has 62 valence electrons. The average molecular weight is 265 g/mol. The first-order chi connectivity index (χ1) is 4.84. The minimum absolute atomic E-state index is 0. The molecule has 1 aromatic heterocycles. The van der Waals surface area contributed by atoms with Gasteiger partial charge in [0.1, 0.15) is 0 Å². The number of rotatable bonds is 2. The fourth-order valence-electron chi connectivity index (χ4n) is 0.821. The Morgan fingerprint density at radius 2 is 1.82 bits per heavy atom. The smallest absolute Gasteiger partial charge is 0.259 e. The molecule has 0 bridgehead atoms. The lowest BCUT2D eigenvalue weighted by molar-refractivity contribution is -0.760. The van der Waals surface area contributed by atoms with Gasteiger partial charge in [-0.1, -0.05) is 13.0 Å². The first-order valence-corrected chi connectivity index (χ1v) is 3.48. The number of aliphatic hydroxyl groups excluding tert-OH is 1. The van der Waals surface area contributed by atoms with Crippen molar-refractivity contribution >= 4 is 0 Å². The second-order valence-electron chi connectivity index (χ2n) is 2.21. The van der Waals surface area contributed by atoms with Crippen LogP contribution in [-0.4, -0.2) is 5.11 Å². The van der Waals surface area contributed by atoms with E-state index in [-0.39, 0.29) is 30.2 Å². The van der Waals surface area contributed by atoms with Crippen molar-refractivity contribution < 1.29 is 33.7 Å². The Hall–Kier alpha value is -0.160. The van der Waals surface area contributed by atoms with E-state index in [0.29, 0.717) is 0 Å². The topological polar surface area (TPSA) is 24.1 Å². The molecule has 0 aliphatic carbocycles. The second-order valence-corrected chi connectivity index (χ2v) is 2.21. The Bertz CT molecular complexity index is 191. The molecule has 1 heterocycles. The van der Waals surface area contributed by atoms with Crippen molar-refractivity contribution in [2.24, 2.45) is 0 Å². The minimum Gasteiger partial charge on any atom is -1.00 e. The largest absolute Gasteiger partial charge is 1.00 e. The van der Waals surface area contributed by atoms with Crippen molar-refractivity contribution in [3.05, 3.63) is 30.6 Å². The summed E-state index contributed by atoms with van der Waals surface area (Å²) < 4.78 is 1.78. The van der Waals surface area contributed by atoms with Crippen molar-refractivity contribution in [3.63, 3.8) is 0 Å². The lowest BCUT2D eigenvalue weighted by Gasteiger charge is -1.99. The lowest BCUT2D eigenvalue weighted by atomic mass is 10.4. The summed E-state index contributed by atoms with van der Waals surface area (Å²) in [6.45, 7) is 1.95. The van der Waals surface area contributed by atoms with E-state index >= 15 is 0 Å². The highest BCUT2D eigenvalue weighted by molar-refractivity contribution is 4.83. The Labute approximate surface area is 83.9 Å². The van der Waals surface area contributed by atoms with Gasteiger partial charge in [0.25, 0.3) is 6.23 Å². The Morgan fingerprint density at radius 3 is 2.27 bits per heavy atom. The van der Waals surface area contributed by atoms with Gasteiger partial charge in [0.05, 0.1) is 0 Å². The molecular formula is C8H12INO. The van der Waals surface area contributed by atoms with E-state index in [2.05, 4.69) is 0 Å². The van der Waals surface area contributed by atoms with Crippen LogP contribution in [0.4, 0.5) is 0 Å². The van der Waals surface area contributed by atoms with Gasteiger partial charge in [-0.25, -0.2) is 0 Å². The highest BCUT2D eigenvalue weighted by Crippen LogP contribution is 1.93. The summed E-state index contributed by atoms with van der Waals surface area (Å²) in [6, 6.07) is 5.73. The molecule has 1 N–H and O–H groups in total. The van der Waals surface area contributed by atoms with Crippen molar-refractivity contribution in [3.8, 4) is 0 Å². The van der Waals surface area contributed by atoms with E-state index in [1.54, 1.807) is 4.57 Å². The van der Waals surface area contributed by atoms with Crippen LogP contribution in [0.2, 0.25) is 0 Å². The van der Waals surface area contributed by atoms with Gasteiger partial charge in [-0.05, 0) is 0 Å². The third-order valence-corrected chi connectivity index (χ3v) is 1.45. The van der Waals surface area contributed by atoms with E-state index < -0.39 is 0 Å². The van der Waals surface area contributed by atoms with Gasteiger partial charge in [0, 0.05) is 18.6 Å². The Kier molecular flexibility index (Phi) is 5.41. The summed E-state index contributed by atoms with van der Waals surface area (Å²) in [5.41, 5.74) is 0. The van der Waals surface area contributed by atoms with Crippen LogP contribution in [0, 0.1) is 0 Å². The van der Waals surface area contributed by atoms with Gasteiger partial charge in [-0.15, -0.1) is 0 Å². The quantitative estimate of drug-likeness (QED) is 0.480. The Balaban J connectivity index is 0.000001000. The van der Waals surface area contributed by atoms with Gasteiger partial charge in [0.2, 0.25) is 0 Å². The number of aliphatic hydroxyl groups is 1. The van der Waals surface area contributed by atoms with Crippen LogP contribution in [0.1, 0.15) is 19.6 Å². The molecule has 0 aliphatic heterocycles. The molecule has 2 nitrogen and oxygen atoms in total. The normalized spacial score (nSPS) is 11.8. The van der Waals surface area contributed by atoms with Crippen LogP contribution in [0.15, 0.2) is 30.6 Å². The molecule has 0 aliphatic rings. The first-order valence-electron chi connectivity index (χ1n) is 3.48. The predicted octanol–water partition coefficient (Wildman–Crippen LogP) is -2.12. The second kappa shape index (κ2) is 5.49. The molecule has 1 rings (SSSR count). The highest BCUT2D eigenvalue weighted by Gasteiger charge is 2.08. The number of hydrogen-bond donors (Lipinski definition) is 1. The molecule has 1 unspecified atom stereocenters. The monoisotopic (exact) mass is 265 g/mol. The molecule has 0 saturated carbocycles.